The van der Waals surface area contributed by atoms with E-state index in [1.54, 1.807) is 6.92 Å². The molecule has 0 fully saturated rings. The first-order valence-electron chi connectivity index (χ1n) is 12.4. The lowest BCUT2D eigenvalue weighted by Gasteiger charge is -2.20. The molecule has 0 bridgehead atoms. The molecule has 8 nitrogen and oxygen atoms in total. The molecule has 194 valence electrons. The maximum Gasteiger partial charge on any atom is 0.326 e. The number of nitrogens with zero attached hydrogens (tertiary/aromatic N) is 2. The van der Waals surface area contributed by atoms with E-state index in [-0.39, 0.29) is 12.2 Å². The maximum atomic E-state index is 13.8. The Labute approximate surface area is 218 Å². The largest absolute Gasteiger partial charge is 0.480 e. The van der Waals surface area contributed by atoms with Crippen LogP contribution in [0.25, 0.3) is 22.4 Å². The van der Waals surface area contributed by atoms with Crippen LogP contribution in [0.2, 0.25) is 0 Å². The second-order valence-electron chi connectivity index (χ2n) is 9.19. The smallest absolute Gasteiger partial charge is 0.326 e. The van der Waals surface area contributed by atoms with Crippen molar-refractivity contribution in [2.45, 2.75) is 39.3 Å². The number of aryl methyl sites for hydroxylation is 2. The highest BCUT2D eigenvalue weighted by Crippen LogP contribution is 2.26. The van der Waals surface area contributed by atoms with E-state index in [4.69, 9.17) is 4.52 Å². The number of carboxylic acid groups (broad SMARTS) is 1. The van der Waals surface area contributed by atoms with Crippen molar-refractivity contribution >= 4 is 28.6 Å². The molecule has 0 spiro atoms. The van der Waals surface area contributed by atoms with Crippen molar-refractivity contribution in [3.05, 3.63) is 94.9 Å². The van der Waals surface area contributed by atoms with Gasteiger partial charge in [-0.05, 0) is 54.3 Å². The van der Waals surface area contributed by atoms with E-state index in [0.717, 1.165) is 33.4 Å². The Balaban J connectivity index is 1.24. The van der Waals surface area contributed by atoms with E-state index in [1.165, 1.54) is 12.1 Å². The van der Waals surface area contributed by atoms with Crippen LogP contribution in [-0.2, 0) is 24.2 Å². The lowest BCUT2D eigenvalue weighted by atomic mass is 10.0. The van der Waals surface area contributed by atoms with Crippen LogP contribution in [0.5, 0.6) is 0 Å². The third kappa shape index (κ3) is 5.51. The zero-order valence-corrected chi connectivity index (χ0v) is 21.1. The first-order valence-corrected chi connectivity index (χ1v) is 12.4. The summed E-state index contributed by atoms with van der Waals surface area (Å²) in [4.78, 5) is 19.7. The number of nitrogens with one attached hydrogen (secondary N) is 3. The lowest BCUT2D eigenvalue weighted by Crippen LogP contribution is -2.32. The minimum atomic E-state index is -0.975. The number of H-pyrrole nitrogens is 1. The van der Waals surface area contributed by atoms with Gasteiger partial charge in [0.25, 0.3) is 0 Å². The number of halogens is 1. The third-order valence-corrected chi connectivity index (χ3v) is 6.44. The summed E-state index contributed by atoms with van der Waals surface area (Å²) in [5, 5.41) is 20.3. The summed E-state index contributed by atoms with van der Waals surface area (Å²) in [6, 6.07) is 19.2. The number of carboxylic acids is 1. The van der Waals surface area contributed by atoms with Crippen molar-refractivity contribution in [2.75, 3.05) is 10.6 Å². The lowest BCUT2D eigenvalue weighted by molar-refractivity contribution is -0.137. The number of aromatic nitrogens is 3. The van der Waals surface area contributed by atoms with Gasteiger partial charge in [0.1, 0.15) is 17.6 Å². The first-order chi connectivity index (χ1) is 18.4. The first kappa shape index (κ1) is 25.0. The Kier molecular flexibility index (Phi) is 7.08. The number of hydrogen-bond donors (Lipinski definition) is 4. The molecule has 0 amide bonds. The van der Waals surface area contributed by atoms with Crippen LogP contribution >= 0.6 is 0 Å². The average Bonchev–Trinajstić information content (AvgIpc) is 3.55. The number of carbonyl (C=O) groups is 1. The Morgan fingerprint density at radius 2 is 1.92 bits per heavy atom. The maximum absolute atomic E-state index is 13.8. The van der Waals surface area contributed by atoms with Gasteiger partial charge in [-0.15, -0.1) is 0 Å². The number of anilines is 2. The summed E-state index contributed by atoms with van der Waals surface area (Å²) in [6.07, 6.45) is 0.855. The summed E-state index contributed by atoms with van der Waals surface area (Å²) in [7, 11) is 0. The van der Waals surface area contributed by atoms with Crippen LogP contribution in [-0.4, -0.2) is 32.2 Å². The van der Waals surface area contributed by atoms with Crippen molar-refractivity contribution in [3.8, 4) is 11.3 Å². The molecule has 0 saturated heterocycles. The van der Waals surface area contributed by atoms with Gasteiger partial charge >= 0.3 is 5.97 Å². The van der Waals surface area contributed by atoms with Crippen LogP contribution in [0.3, 0.4) is 0 Å². The summed E-state index contributed by atoms with van der Waals surface area (Å²) in [5.41, 5.74) is 6.34. The number of benzene rings is 3. The van der Waals surface area contributed by atoms with Crippen molar-refractivity contribution in [3.63, 3.8) is 0 Å². The van der Waals surface area contributed by atoms with Gasteiger partial charge in [-0.2, -0.15) is 0 Å². The summed E-state index contributed by atoms with van der Waals surface area (Å²) in [6.45, 7) is 4.13. The van der Waals surface area contributed by atoms with Gasteiger partial charge in [-0.1, -0.05) is 48.5 Å². The van der Waals surface area contributed by atoms with Gasteiger partial charge in [-0.25, -0.2) is 14.2 Å². The topological polar surface area (TPSA) is 116 Å². The number of aromatic amines is 1. The average molecular weight is 514 g/mol. The molecule has 5 rings (SSSR count). The molecule has 0 saturated carbocycles. The van der Waals surface area contributed by atoms with Gasteiger partial charge in [0.2, 0.25) is 5.95 Å². The molecule has 5 aromatic rings. The summed E-state index contributed by atoms with van der Waals surface area (Å²) < 4.78 is 19.3. The van der Waals surface area contributed by atoms with Crippen LogP contribution in [0.15, 0.2) is 71.3 Å². The molecule has 9 heteroatoms. The van der Waals surface area contributed by atoms with Crippen molar-refractivity contribution in [1.29, 1.82) is 0 Å². The summed E-state index contributed by atoms with van der Waals surface area (Å²) >= 11 is 0. The zero-order chi connectivity index (χ0) is 26.6. The third-order valence-electron chi connectivity index (χ3n) is 6.44. The minimum absolute atomic E-state index is 0.263. The highest BCUT2D eigenvalue weighted by molar-refractivity contribution is 5.79. The number of aliphatic carboxylic acids is 1. The molecule has 2 heterocycles. The standard InChI is InChI=1S/C29H28FN5O3/c1-3-19-14-21(30)12-17(2)27(19)32-25(28(36)37)13-18-8-10-20(11-9-18)26-15-22(35-38-26)16-31-29-33-23-6-4-5-7-24(23)34-29/h4-12,14-15,25,32H,3,13,16H2,1-2H3,(H,36,37)(H2,31,33,34). The molecule has 0 aliphatic heterocycles. The Morgan fingerprint density at radius 1 is 1.13 bits per heavy atom. The van der Waals surface area contributed by atoms with Crippen LogP contribution in [0, 0.1) is 12.7 Å². The van der Waals surface area contributed by atoms with Crippen LogP contribution in [0.4, 0.5) is 16.0 Å². The predicted molar refractivity (Wildman–Crippen MR) is 145 cm³/mol. The normalized spacial score (nSPS) is 12.0. The van der Waals surface area contributed by atoms with E-state index in [9.17, 15) is 14.3 Å². The Bertz CT molecular complexity index is 1540. The van der Waals surface area contributed by atoms with E-state index < -0.39 is 12.0 Å². The van der Waals surface area contributed by atoms with E-state index in [1.807, 2.05) is 61.5 Å². The van der Waals surface area contributed by atoms with E-state index in [2.05, 4.69) is 25.8 Å². The van der Waals surface area contributed by atoms with Crippen molar-refractivity contribution in [1.82, 2.24) is 15.1 Å². The quantitative estimate of drug-likeness (QED) is 0.182. The number of rotatable bonds is 10. The summed E-state index contributed by atoms with van der Waals surface area (Å²) in [5.74, 6) is -0.0334. The fourth-order valence-corrected chi connectivity index (χ4v) is 4.45. The monoisotopic (exact) mass is 513 g/mol. The molecule has 2 aromatic heterocycles. The van der Waals surface area contributed by atoms with Gasteiger partial charge in [0.05, 0.1) is 17.6 Å². The molecule has 0 radical (unpaired) electrons. The molecular weight excluding hydrogens is 485 g/mol. The molecule has 38 heavy (non-hydrogen) atoms. The highest BCUT2D eigenvalue weighted by atomic mass is 19.1. The fourth-order valence-electron chi connectivity index (χ4n) is 4.45. The van der Waals surface area contributed by atoms with Crippen LogP contribution in [0.1, 0.15) is 29.3 Å². The Hall–Kier alpha value is -4.66. The van der Waals surface area contributed by atoms with Gasteiger partial charge < -0.3 is 25.2 Å². The number of para-hydroxylation sites is 2. The molecule has 0 aliphatic rings. The second-order valence-corrected chi connectivity index (χ2v) is 9.19. The second kappa shape index (κ2) is 10.8. The fraction of sp³-hybridized carbons (Fsp3) is 0.207. The highest BCUT2D eigenvalue weighted by Gasteiger charge is 2.21. The van der Waals surface area contributed by atoms with Gasteiger partial charge in [0, 0.05) is 23.7 Å². The van der Waals surface area contributed by atoms with Crippen LogP contribution < -0.4 is 10.6 Å². The number of fused-ring (bicyclic) bond motifs is 1. The van der Waals surface area contributed by atoms with Gasteiger partial charge in [0.15, 0.2) is 5.76 Å². The van der Waals surface area contributed by atoms with E-state index in [0.29, 0.717) is 35.9 Å². The van der Waals surface area contributed by atoms with E-state index >= 15 is 0 Å². The van der Waals surface area contributed by atoms with Crippen molar-refractivity contribution < 1.29 is 18.8 Å². The SMILES string of the molecule is CCc1cc(F)cc(C)c1NC(Cc1ccc(-c2cc(CNc3nc4ccccc4[nH]3)no2)cc1)C(=O)O. The molecular formula is C29H28FN5O3. The van der Waals surface area contributed by atoms with Gasteiger partial charge in [-0.3, -0.25) is 0 Å². The predicted octanol–water partition coefficient (Wildman–Crippen LogP) is 5.95. The molecule has 4 N–H and O–H groups in total. The Morgan fingerprint density at radius 3 is 2.66 bits per heavy atom. The van der Waals surface area contributed by atoms with Crippen molar-refractivity contribution in [2.24, 2.45) is 0 Å². The molecule has 1 atom stereocenters. The number of imidazole rings is 1. The minimum Gasteiger partial charge on any atom is -0.480 e. The zero-order valence-electron chi connectivity index (χ0n) is 21.1. The molecule has 3 aromatic carbocycles. The molecule has 1 unspecified atom stereocenters. The molecule has 0 aliphatic carbocycles. The number of hydrogen-bond acceptors (Lipinski definition) is 6.